The van der Waals surface area contributed by atoms with E-state index in [4.69, 9.17) is 0 Å². The molecule has 0 aliphatic rings. The molecule has 0 unspecified atom stereocenters. The molecule has 0 spiro atoms. The fraction of sp³-hybridized carbons (Fsp3) is 0.167. The Balaban J connectivity index is 1.84. The lowest BCUT2D eigenvalue weighted by Gasteiger charge is -2.11. The van der Waals surface area contributed by atoms with Crippen LogP contribution in [0.2, 0.25) is 0 Å². The molecule has 3 rings (SSSR count). The normalized spacial score (nSPS) is 11.5. The van der Waals surface area contributed by atoms with Crippen molar-refractivity contribution in [1.82, 2.24) is 14.3 Å². The number of aromatic nitrogens is 2. The van der Waals surface area contributed by atoms with Crippen LogP contribution >= 0.6 is 0 Å². The van der Waals surface area contributed by atoms with E-state index >= 15 is 0 Å². The van der Waals surface area contributed by atoms with Gasteiger partial charge in [0.2, 0.25) is 15.9 Å². The number of carbonyl (C=O) groups excluding carboxylic acids is 1. The lowest BCUT2D eigenvalue weighted by molar-refractivity contribution is -0.116. The second kappa shape index (κ2) is 7.29. The fourth-order valence-corrected chi connectivity index (χ4v) is 3.65. The van der Waals surface area contributed by atoms with E-state index in [9.17, 15) is 18.0 Å². The maximum absolute atomic E-state index is 12.4. The van der Waals surface area contributed by atoms with Gasteiger partial charge in [0, 0.05) is 5.69 Å². The van der Waals surface area contributed by atoms with Crippen LogP contribution < -0.4 is 15.6 Å². The van der Waals surface area contributed by atoms with Crippen molar-refractivity contribution in [2.45, 2.75) is 18.4 Å². The Labute approximate surface area is 155 Å². The molecule has 0 bridgehead atoms. The van der Waals surface area contributed by atoms with E-state index in [-0.39, 0.29) is 17.0 Å². The average molecular weight is 386 g/mol. The summed E-state index contributed by atoms with van der Waals surface area (Å²) in [4.78, 5) is 29.0. The Kier molecular flexibility index (Phi) is 5.06. The minimum Gasteiger partial charge on any atom is -0.324 e. The lowest BCUT2D eigenvalue weighted by Crippen LogP contribution is -2.28. The number of benzene rings is 2. The van der Waals surface area contributed by atoms with Gasteiger partial charge >= 0.3 is 0 Å². The van der Waals surface area contributed by atoms with E-state index in [2.05, 4.69) is 15.0 Å². The number of para-hydroxylation sites is 1. The molecule has 8 nitrogen and oxygen atoms in total. The molecule has 27 heavy (non-hydrogen) atoms. The smallest absolute Gasteiger partial charge is 0.261 e. The highest BCUT2D eigenvalue weighted by molar-refractivity contribution is 7.89. The first-order valence-electron chi connectivity index (χ1n) is 8.10. The van der Waals surface area contributed by atoms with Crippen LogP contribution in [0.5, 0.6) is 0 Å². The number of aryl methyl sites for hydroxylation is 1. The van der Waals surface area contributed by atoms with Gasteiger partial charge in [0.1, 0.15) is 6.54 Å². The molecule has 0 saturated carbocycles. The van der Waals surface area contributed by atoms with Gasteiger partial charge in [-0.3, -0.25) is 14.2 Å². The van der Waals surface area contributed by atoms with E-state index in [0.29, 0.717) is 22.2 Å². The molecule has 9 heteroatoms. The Morgan fingerprint density at radius 1 is 1.19 bits per heavy atom. The SMILES string of the molecule is CNS(=O)(=O)c1cc(NC(=O)Cn2cnc3ccccc3c2=O)ccc1C. The molecule has 0 aliphatic carbocycles. The van der Waals surface area contributed by atoms with E-state index in [1.165, 1.54) is 24.0 Å². The highest BCUT2D eigenvalue weighted by Crippen LogP contribution is 2.20. The summed E-state index contributed by atoms with van der Waals surface area (Å²) in [6.45, 7) is 1.43. The quantitative estimate of drug-likeness (QED) is 0.686. The topological polar surface area (TPSA) is 110 Å². The molecule has 140 valence electrons. The van der Waals surface area contributed by atoms with Gasteiger partial charge in [-0.2, -0.15) is 0 Å². The summed E-state index contributed by atoms with van der Waals surface area (Å²) in [6, 6.07) is 11.4. The van der Waals surface area contributed by atoms with Crippen LogP contribution in [0.25, 0.3) is 10.9 Å². The van der Waals surface area contributed by atoms with Crippen LogP contribution in [-0.4, -0.2) is 30.9 Å². The third-order valence-electron chi connectivity index (χ3n) is 4.08. The van der Waals surface area contributed by atoms with Crippen molar-refractivity contribution >= 4 is 32.5 Å². The van der Waals surface area contributed by atoms with Crippen molar-refractivity contribution in [3.05, 3.63) is 64.7 Å². The molecule has 0 fully saturated rings. The number of amides is 1. The van der Waals surface area contributed by atoms with Crippen LogP contribution in [0.15, 0.2) is 58.5 Å². The predicted molar refractivity (Wildman–Crippen MR) is 102 cm³/mol. The molecule has 0 aliphatic heterocycles. The van der Waals surface area contributed by atoms with Gasteiger partial charge in [0.15, 0.2) is 0 Å². The van der Waals surface area contributed by atoms with E-state index in [1.54, 1.807) is 43.3 Å². The van der Waals surface area contributed by atoms with Crippen molar-refractivity contribution in [3.8, 4) is 0 Å². The van der Waals surface area contributed by atoms with Crippen molar-refractivity contribution < 1.29 is 13.2 Å². The third kappa shape index (κ3) is 3.88. The Bertz CT molecular complexity index is 1190. The highest BCUT2D eigenvalue weighted by Gasteiger charge is 2.16. The van der Waals surface area contributed by atoms with Crippen LogP contribution in [0.1, 0.15) is 5.56 Å². The second-order valence-electron chi connectivity index (χ2n) is 5.93. The molecule has 2 N–H and O–H groups in total. The summed E-state index contributed by atoms with van der Waals surface area (Å²) in [5, 5.41) is 3.03. The highest BCUT2D eigenvalue weighted by atomic mass is 32.2. The summed E-state index contributed by atoms with van der Waals surface area (Å²) in [5.74, 6) is -0.467. The van der Waals surface area contributed by atoms with Gasteiger partial charge in [0.05, 0.1) is 22.1 Å². The Hall–Kier alpha value is -3.04. The molecule has 1 amide bonds. The zero-order valence-electron chi connectivity index (χ0n) is 14.8. The number of nitrogens with one attached hydrogen (secondary N) is 2. The maximum Gasteiger partial charge on any atom is 0.261 e. The zero-order valence-corrected chi connectivity index (χ0v) is 15.6. The Morgan fingerprint density at radius 3 is 2.67 bits per heavy atom. The van der Waals surface area contributed by atoms with E-state index < -0.39 is 15.9 Å². The molecule has 0 saturated heterocycles. The molecule has 0 radical (unpaired) electrons. The average Bonchev–Trinajstić information content (AvgIpc) is 2.65. The lowest BCUT2D eigenvalue weighted by atomic mass is 10.2. The van der Waals surface area contributed by atoms with Crippen molar-refractivity contribution in [2.24, 2.45) is 0 Å². The van der Waals surface area contributed by atoms with Gasteiger partial charge in [-0.15, -0.1) is 0 Å². The first kappa shape index (κ1) is 18.7. The van der Waals surface area contributed by atoms with Crippen molar-refractivity contribution in [3.63, 3.8) is 0 Å². The van der Waals surface area contributed by atoms with Crippen LogP contribution in [0.3, 0.4) is 0 Å². The molecule has 2 aromatic carbocycles. The second-order valence-corrected chi connectivity index (χ2v) is 7.79. The van der Waals surface area contributed by atoms with Gasteiger partial charge in [-0.25, -0.2) is 18.1 Å². The minimum absolute atomic E-state index is 0.0762. The molecule has 0 atom stereocenters. The fourth-order valence-electron chi connectivity index (χ4n) is 2.65. The van der Waals surface area contributed by atoms with Crippen LogP contribution in [0.4, 0.5) is 5.69 Å². The van der Waals surface area contributed by atoms with E-state index in [1.807, 2.05) is 0 Å². The summed E-state index contributed by atoms with van der Waals surface area (Å²) in [6.07, 6.45) is 1.32. The third-order valence-corrected chi connectivity index (χ3v) is 5.63. The number of rotatable bonds is 5. The standard InChI is InChI=1S/C18H18N4O4S/c1-12-7-8-13(9-16(12)27(25,26)19-2)21-17(23)10-22-11-20-15-6-4-3-5-14(15)18(22)24/h3-9,11,19H,10H2,1-2H3,(H,21,23). The van der Waals surface area contributed by atoms with Gasteiger partial charge in [-0.1, -0.05) is 18.2 Å². The first-order chi connectivity index (χ1) is 12.8. The zero-order chi connectivity index (χ0) is 19.6. The molecule has 3 aromatic rings. The number of fused-ring (bicyclic) bond motifs is 1. The first-order valence-corrected chi connectivity index (χ1v) is 9.58. The molecule has 1 heterocycles. The Morgan fingerprint density at radius 2 is 1.93 bits per heavy atom. The summed E-state index contributed by atoms with van der Waals surface area (Å²) >= 11 is 0. The van der Waals surface area contributed by atoms with E-state index in [0.717, 1.165) is 0 Å². The van der Waals surface area contributed by atoms with Gasteiger partial charge in [0.25, 0.3) is 5.56 Å². The molecular weight excluding hydrogens is 368 g/mol. The van der Waals surface area contributed by atoms with Crippen molar-refractivity contribution in [2.75, 3.05) is 12.4 Å². The monoisotopic (exact) mass is 386 g/mol. The van der Waals surface area contributed by atoms with Crippen LogP contribution in [0, 0.1) is 6.92 Å². The number of nitrogens with zero attached hydrogens (tertiary/aromatic N) is 2. The largest absolute Gasteiger partial charge is 0.324 e. The minimum atomic E-state index is -3.64. The molecular formula is C18H18N4O4S. The number of carbonyl (C=O) groups is 1. The summed E-state index contributed by atoms with van der Waals surface area (Å²) in [7, 11) is -2.32. The van der Waals surface area contributed by atoms with Gasteiger partial charge in [-0.05, 0) is 43.8 Å². The van der Waals surface area contributed by atoms with Crippen LogP contribution in [-0.2, 0) is 21.4 Å². The summed E-state index contributed by atoms with van der Waals surface area (Å²) < 4.78 is 27.5. The summed E-state index contributed by atoms with van der Waals surface area (Å²) in [5.41, 5.74) is 1.11. The number of hydrogen-bond donors (Lipinski definition) is 2. The van der Waals surface area contributed by atoms with Crippen molar-refractivity contribution in [1.29, 1.82) is 0 Å². The molecule has 1 aromatic heterocycles. The number of hydrogen-bond acceptors (Lipinski definition) is 5. The number of sulfonamides is 1. The number of anilines is 1. The van der Waals surface area contributed by atoms with Gasteiger partial charge < -0.3 is 5.32 Å². The predicted octanol–water partition coefficient (Wildman–Crippen LogP) is 1.25. The maximum atomic E-state index is 12.4.